The highest BCUT2D eigenvalue weighted by Gasteiger charge is 2.29. The maximum atomic E-state index is 12.4. The van der Waals surface area contributed by atoms with E-state index in [-0.39, 0.29) is 28.1 Å². The van der Waals surface area contributed by atoms with E-state index in [0.717, 1.165) is 18.4 Å². The van der Waals surface area contributed by atoms with Gasteiger partial charge in [-0.2, -0.15) is 0 Å². The average molecular weight is 396 g/mol. The molecule has 0 aliphatic heterocycles. The molecular weight excluding hydrogens is 378 g/mol. The van der Waals surface area contributed by atoms with Crippen molar-refractivity contribution in [1.29, 1.82) is 0 Å². The normalized spacial score (nSPS) is 14.1. The molecule has 3 rings (SSSR count). The Kier molecular flexibility index (Phi) is 5.45. The van der Waals surface area contributed by atoms with Crippen molar-refractivity contribution >= 4 is 27.5 Å². The topological polar surface area (TPSA) is 97.4 Å². The van der Waals surface area contributed by atoms with E-state index in [1.807, 2.05) is 0 Å². The van der Waals surface area contributed by atoms with Crippen LogP contribution in [-0.2, 0) is 16.6 Å². The van der Waals surface area contributed by atoms with Crippen LogP contribution in [0.15, 0.2) is 41.4 Å². The maximum Gasteiger partial charge on any atom is 0.251 e. The molecule has 26 heavy (non-hydrogen) atoms. The first-order valence-corrected chi connectivity index (χ1v) is 9.84. The third-order valence-corrected chi connectivity index (χ3v) is 5.85. The first-order valence-electron chi connectivity index (χ1n) is 7.98. The van der Waals surface area contributed by atoms with Gasteiger partial charge in [-0.05, 0) is 42.7 Å². The highest BCUT2D eigenvalue weighted by molar-refractivity contribution is 7.89. The summed E-state index contributed by atoms with van der Waals surface area (Å²) in [5.41, 5.74) is 1.02. The van der Waals surface area contributed by atoms with Crippen molar-refractivity contribution in [3.05, 3.63) is 52.7 Å². The van der Waals surface area contributed by atoms with E-state index in [4.69, 9.17) is 16.3 Å². The third-order valence-electron chi connectivity index (χ3n) is 3.84. The van der Waals surface area contributed by atoms with Crippen molar-refractivity contribution in [2.24, 2.45) is 0 Å². The molecule has 7 nitrogen and oxygen atoms in total. The number of rotatable bonds is 7. The second kappa shape index (κ2) is 7.61. The number of benzene rings is 1. The minimum absolute atomic E-state index is 0.0461. The van der Waals surface area contributed by atoms with Crippen molar-refractivity contribution in [2.75, 3.05) is 7.11 Å². The lowest BCUT2D eigenvalue weighted by molar-refractivity contribution is 0.0950. The molecular formula is C17H18ClN3O4S. The lowest BCUT2D eigenvalue weighted by Crippen LogP contribution is -2.27. The Labute approximate surface area is 156 Å². The van der Waals surface area contributed by atoms with Gasteiger partial charge in [-0.1, -0.05) is 11.6 Å². The zero-order chi connectivity index (χ0) is 18.7. The number of hydrogen-bond donors (Lipinski definition) is 2. The van der Waals surface area contributed by atoms with Crippen molar-refractivity contribution < 1.29 is 17.9 Å². The number of carbonyl (C=O) groups is 1. The SMILES string of the molecule is COc1cc(CNC(=O)c2ccc(Cl)c(S(=O)(=O)NC3CC3)c2)ccn1. The van der Waals surface area contributed by atoms with Crippen molar-refractivity contribution in [3.8, 4) is 5.88 Å². The van der Waals surface area contributed by atoms with E-state index in [1.165, 1.54) is 25.3 Å². The summed E-state index contributed by atoms with van der Waals surface area (Å²) in [5.74, 6) is 0.0445. The molecule has 2 aromatic rings. The van der Waals surface area contributed by atoms with Gasteiger partial charge in [0.25, 0.3) is 5.91 Å². The summed E-state index contributed by atoms with van der Waals surface area (Å²) in [7, 11) is -2.24. The molecule has 0 saturated heterocycles. The summed E-state index contributed by atoms with van der Waals surface area (Å²) >= 11 is 6.02. The Morgan fingerprint density at radius 2 is 2.08 bits per heavy atom. The van der Waals surface area contributed by atoms with Gasteiger partial charge in [0.15, 0.2) is 0 Å². The van der Waals surface area contributed by atoms with Gasteiger partial charge in [-0.3, -0.25) is 4.79 Å². The molecule has 0 radical (unpaired) electrons. The second-order valence-electron chi connectivity index (χ2n) is 5.93. The average Bonchev–Trinajstić information content (AvgIpc) is 3.43. The highest BCUT2D eigenvalue weighted by atomic mass is 35.5. The molecule has 0 spiro atoms. The van der Waals surface area contributed by atoms with Crippen LogP contribution in [0.5, 0.6) is 5.88 Å². The first-order chi connectivity index (χ1) is 12.4. The summed E-state index contributed by atoms with van der Waals surface area (Å²) in [4.78, 5) is 16.3. The number of amides is 1. The number of hydrogen-bond acceptors (Lipinski definition) is 5. The standard InChI is InChI=1S/C17H18ClN3O4S/c1-25-16-8-11(6-7-19-16)10-20-17(22)12-2-5-14(18)15(9-12)26(23,24)21-13-3-4-13/h2,5-9,13,21H,3-4,10H2,1H3,(H,20,22). The maximum absolute atomic E-state index is 12.4. The summed E-state index contributed by atoms with van der Waals surface area (Å²) in [6, 6.07) is 7.59. The lowest BCUT2D eigenvalue weighted by atomic mass is 10.2. The molecule has 138 valence electrons. The second-order valence-corrected chi connectivity index (χ2v) is 8.02. The Morgan fingerprint density at radius 1 is 1.31 bits per heavy atom. The molecule has 1 aliphatic rings. The molecule has 1 aromatic heterocycles. The van der Waals surface area contributed by atoms with Crippen LogP contribution in [0.1, 0.15) is 28.8 Å². The molecule has 0 unspecified atom stereocenters. The van der Waals surface area contributed by atoms with Crippen LogP contribution in [0.25, 0.3) is 0 Å². The molecule has 1 aliphatic carbocycles. The molecule has 1 amide bonds. The van der Waals surface area contributed by atoms with Crippen LogP contribution in [0.3, 0.4) is 0 Å². The van der Waals surface area contributed by atoms with Gasteiger partial charge in [0.2, 0.25) is 15.9 Å². The zero-order valence-corrected chi connectivity index (χ0v) is 15.6. The number of nitrogens with one attached hydrogen (secondary N) is 2. The molecule has 1 aromatic carbocycles. The predicted molar refractivity (Wildman–Crippen MR) is 96.8 cm³/mol. The minimum atomic E-state index is -3.75. The number of halogens is 1. The molecule has 0 bridgehead atoms. The summed E-state index contributed by atoms with van der Waals surface area (Å²) in [5, 5.41) is 2.81. The number of carbonyl (C=O) groups excluding carboxylic acids is 1. The summed E-state index contributed by atoms with van der Waals surface area (Å²) in [6.45, 7) is 0.253. The van der Waals surface area contributed by atoms with E-state index in [9.17, 15) is 13.2 Å². The molecule has 1 saturated carbocycles. The summed E-state index contributed by atoms with van der Waals surface area (Å²) in [6.07, 6.45) is 3.20. The summed E-state index contributed by atoms with van der Waals surface area (Å²) < 4.78 is 32.4. The van der Waals surface area contributed by atoms with Crippen LogP contribution in [-0.4, -0.2) is 32.5 Å². The van der Waals surface area contributed by atoms with Crippen molar-refractivity contribution in [3.63, 3.8) is 0 Å². The number of aromatic nitrogens is 1. The Morgan fingerprint density at radius 3 is 2.77 bits per heavy atom. The van der Waals surface area contributed by atoms with Crippen LogP contribution in [0.2, 0.25) is 5.02 Å². The highest BCUT2D eigenvalue weighted by Crippen LogP contribution is 2.26. The van der Waals surface area contributed by atoms with Gasteiger partial charge in [0.1, 0.15) is 4.90 Å². The van der Waals surface area contributed by atoms with E-state index < -0.39 is 15.9 Å². The van der Waals surface area contributed by atoms with Gasteiger partial charge in [0, 0.05) is 30.4 Å². The number of pyridine rings is 1. The Balaban J connectivity index is 1.74. The van der Waals surface area contributed by atoms with E-state index in [0.29, 0.717) is 5.88 Å². The molecule has 1 heterocycles. The Hall–Kier alpha value is -2.16. The van der Waals surface area contributed by atoms with Gasteiger partial charge in [-0.25, -0.2) is 18.1 Å². The smallest absolute Gasteiger partial charge is 0.251 e. The fourth-order valence-corrected chi connectivity index (χ4v) is 4.12. The van der Waals surface area contributed by atoms with Crippen LogP contribution in [0.4, 0.5) is 0 Å². The molecule has 0 atom stereocenters. The number of ether oxygens (including phenoxy) is 1. The van der Waals surface area contributed by atoms with Crippen LogP contribution < -0.4 is 14.8 Å². The van der Waals surface area contributed by atoms with Crippen molar-refractivity contribution in [2.45, 2.75) is 30.3 Å². The van der Waals surface area contributed by atoms with E-state index >= 15 is 0 Å². The number of nitrogens with zero attached hydrogens (tertiary/aromatic N) is 1. The van der Waals surface area contributed by atoms with E-state index in [2.05, 4.69) is 15.0 Å². The van der Waals surface area contributed by atoms with E-state index in [1.54, 1.807) is 18.3 Å². The molecule has 1 fully saturated rings. The van der Waals surface area contributed by atoms with Gasteiger partial charge in [0.05, 0.1) is 12.1 Å². The van der Waals surface area contributed by atoms with Crippen LogP contribution >= 0.6 is 11.6 Å². The largest absolute Gasteiger partial charge is 0.481 e. The Bertz CT molecular complexity index is 929. The molecule has 9 heteroatoms. The third kappa shape index (κ3) is 4.51. The van der Waals surface area contributed by atoms with Crippen molar-refractivity contribution in [1.82, 2.24) is 15.0 Å². The monoisotopic (exact) mass is 395 g/mol. The molecule has 2 N–H and O–H groups in total. The fraction of sp³-hybridized carbons (Fsp3) is 0.294. The quantitative estimate of drug-likeness (QED) is 0.748. The van der Waals surface area contributed by atoms with Gasteiger partial charge >= 0.3 is 0 Å². The first kappa shape index (κ1) is 18.6. The minimum Gasteiger partial charge on any atom is -0.481 e. The lowest BCUT2D eigenvalue weighted by Gasteiger charge is -2.10. The van der Waals surface area contributed by atoms with Gasteiger partial charge < -0.3 is 10.1 Å². The zero-order valence-electron chi connectivity index (χ0n) is 14.0. The van der Waals surface area contributed by atoms with Crippen LogP contribution in [0, 0.1) is 0 Å². The number of sulfonamides is 1. The number of methoxy groups -OCH3 is 1. The fourth-order valence-electron chi connectivity index (χ4n) is 2.29. The van der Waals surface area contributed by atoms with Gasteiger partial charge in [-0.15, -0.1) is 0 Å². The predicted octanol–water partition coefficient (Wildman–Crippen LogP) is 2.11.